The van der Waals surface area contributed by atoms with E-state index in [1.807, 2.05) is 18.2 Å². The standard InChI is InChI=1S/C21H20/c1-5-10-15(6-2)16-12-9-14-19-20(16)17-11-7-8-13-18(17)21(19,3)4/h5-14H,1-2H2,3-4H3/b15-10+. The Balaban J connectivity index is 2.38. The van der Waals surface area contributed by atoms with Crippen molar-refractivity contribution in [1.29, 1.82) is 0 Å². The van der Waals surface area contributed by atoms with E-state index in [0.29, 0.717) is 0 Å². The lowest BCUT2D eigenvalue weighted by Gasteiger charge is -2.21. The first kappa shape index (κ1) is 13.6. The molecule has 0 heterocycles. The summed E-state index contributed by atoms with van der Waals surface area (Å²) in [6.07, 6.45) is 5.75. The molecule has 0 fully saturated rings. The van der Waals surface area contributed by atoms with Crippen LogP contribution in [0.25, 0.3) is 16.7 Å². The summed E-state index contributed by atoms with van der Waals surface area (Å²) in [5.74, 6) is 0. The highest BCUT2D eigenvalue weighted by Crippen LogP contribution is 2.50. The third kappa shape index (κ3) is 1.91. The van der Waals surface area contributed by atoms with Gasteiger partial charge in [0.2, 0.25) is 0 Å². The highest BCUT2D eigenvalue weighted by Gasteiger charge is 2.36. The average Bonchev–Trinajstić information content (AvgIpc) is 2.74. The van der Waals surface area contributed by atoms with Gasteiger partial charge in [-0.1, -0.05) is 87.7 Å². The fourth-order valence-electron chi connectivity index (χ4n) is 3.39. The second-order valence-electron chi connectivity index (χ2n) is 5.96. The topological polar surface area (TPSA) is 0 Å². The summed E-state index contributed by atoms with van der Waals surface area (Å²) in [5.41, 5.74) is 7.86. The third-order valence-corrected chi connectivity index (χ3v) is 4.44. The summed E-state index contributed by atoms with van der Waals surface area (Å²) < 4.78 is 0. The lowest BCUT2D eigenvalue weighted by molar-refractivity contribution is 0.660. The molecule has 0 aromatic heterocycles. The first-order chi connectivity index (χ1) is 10.1. The minimum absolute atomic E-state index is 0.0440. The van der Waals surface area contributed by atoms with Crippen LogP contribution in [0, 0.1) is 0 Å². The lowest BCUT2D eigenvalue weighted by Crippen LogP contribution is -2.14. The molecule has 0 radical (unpaired) electrons. The number of rotatable bonds is 3. The van der Waals surface area contributed by atoms with Gasteiger partial charge in [-0.25, -0.2) is 0 Å². The monoisotopic (exact) mass is 272 g/mol. The van der Waals surface area contributed by atoms with Crippen molar-refractivity contribution in [3.63, 3.8) is 0 Å². The van der Waals surface area contributed by atoms with Crippen molar-refractivity contribution in [2.24, 2.45) is 0 Å². The quantitative estimate of drug-likeness (QED) is 0.624. The van der Waals surface area contributed by atoms with E-state index in [1.165, 1.54) is 27.8 Å². The van der Waals surface area contributed by atoms with Crippen LogP contribution < -0.4 is 0 Å². The van der Waals surface area contributed by atoms with Gasteiger partial charge in [0.05, 0.1) is 0 Å². The molecule has 0 unspecified atom stereocenters. The Morgan fingerprint density at radius 3 is 2.38 bits per heavy atom. The zero-order valence-corrected chi connectivity index (χ0v) is 12.7. The van der Waals surface area contributed by atoms with Crippen LogP contribution in [0.4, 0.5) is 0 Å². The van der Waals surface area contributed by atoms with E-state index in [-0.39, 0.29) is 5.41 Å². The van der Waals surface area contributed by atoms with Crippen molar-refractivity contribution in [2.45, 2.75) is 19.3 Å². The molecule has 0 spiro atoms. The molecular formula is C21H20. The van der Waals surface area contributed by atoms with Crippen molar-refractivity contribution >= 4 is 5.57 Å². The maximum absolute atomic E-state index is 3.96. The predicted molar refractivity (Wildman–Crippen MR) is 92.4 cm³/mol. The van der Waals surface area contributed by atoms with Gasteiger partial charge in [0, 0.05) is 5.41 Å². The summed E-state index contributed by atoms with van der Waals surface area (Å²) >= 11 is 0. The second kappa shape index (κ2) is 4.89. The van der Waals surface area contributed by atoms with Crippen molar-refractivity contribution in [3.05, 3.63) is 90.5 Å². The summed E-state index contributed by atoms with van der Waals surface area (Å²) in [5, 5.41) is 0. The van der Waals surface area contributed by atoms with E-state index in [0.717, 1.165) is 5.57 Å². The highest BCUT2D eigenvalue weighted by atomic mass is 14.4. The molecule has 0 aliphatic heterocycles. The van der Waals surface area contributed by atoms with Crippen LogP contribution in [0.2, 0.25) is 0 Å². The number of hydrogen-bond acceptors (Lipinski definition) is 0. The predicted octanol–water partition coefficient (Wildman–Crippen LogP) is 5.75. The fourth-order valence-corrected chi connectivity index (χ4v) is 3.39. The maximum atomic E-state index is 3.96. The molecule has 0 atom stereocenters. The van der Waals surface area contributed by atoms with Crippen LogP contribution in [-0.2, 0) is 5.41 Å². The van der Waals surface area contributed by atoms with E-state index in [9.17, 15) is 0 Å². The molecule has 0 bridgehead atoms. The smallest absolute Gasteiger partial charge is 0.0159 e. The molecular weight excluding hydrogens is 252 g/mol. The number of allylic oxidation sites excluding steroid dienone is 4. The van der Waals surface area contributed by atoms with E-state index in [4.69, 9.17) is 0 Å². The Kier molecular flexibility index (Phi) is 3.17. The Bertz CT molecular complexity index is 757. The molecule has 1 aliphatic carbocycles. The zero-order valence-electron chi connectivity index (χ0n) is 12.7. The van der Waals surface area contributed by atoms with Gasteiger partial charge in [-0.2, -0.15) is 0 Å². The third-order valence-electron chi connectivity index (χ3n) is 4.44. The molecule has 0 heteroatoms. The minimum Gasteiger partial charge on any atom is -0.0990 e. The van der Waals surface area contributed by atoms with Gasteiger partial charge < -0.3 is 0 Å². The van der Waals surface area contributed by atoms with Crippen LogP contribution in [0.3, 0.4) is 0 Å². The summed E-state index contributed by atoms with van der Waals surface area (Å²) in [6, 6.07) is 15.3. The molecule has 2 aromatic carbocycles. The second-order valence-corrected chi connectivity index (χ2v) is 5.96. The van der Waals surface area contributed by atoms with Crippen molar-refractivity contribution < 1.29 is 0 Å². The molecule has 2 aromatic rings. The SMILES string of the molecule is C=C/C=C(\C=C)c1cccc2c1-c1ccccc1C2(C)C. The van der Waals surface area contributed by atoms with Crippen LogP contribution in [-0.4, -0.2) is 0 Å². The average molecular weight is 272 g/mol. The zero-order chi connectivity index (χ0) is 15.0. The molecule has 0 nitrogen and oxygen atoms in total. The number of benzene rings is 2. The van der Waals surface area contributed by atoms with Crippen molar-refractivity contribution in [3.8, 4) is 11.1 Å². The van der Waals surface area contributed by atoms with Crippen molar-refractivity contribution in [1.82, 2.24) is 0 Å². The van der Waals surface area contributed by atoms with Gasteiger partial charge >= 0.3 is 0 Å². The highest BCUT2D eigenvalue weighted by molar-refractivity contribution is 5.92. The number of fused-ring (bicyclic) bond motifs is 3. The maximum Gasteiger partial charge on any atom is 0.0159 e. The first-order valence-electron chi connectivity index (χ1n) is 7.30. The van der Waals surface area contributed by atoms with Gasteiger partial charge in [-0.3, -0.25) is 0 Å². The normalized spacial score (nSPS) is 15.2. The largest absolute Gasteiger partial charge is 0.0990 e. The van der Waals surface area contributed by atoms with E-state index in [2.05, 4.69) is 69.5 Å². The van der Waals surface area contributed by atoms with Crippen LogP contribution in [0.15, 0.2) is 73.9 Å². The molecule has 21 heavy (non-hydrogen) atoms. The molecule has 0 saturated heterocycles. The van der Waals surface area contributed by atoms with Crippen molar-refractivity contribution in [2.75, 3.05) is 0 Å². The summed E-state index contributed by atoms with van der Waals surface area (Å²) in [7, 11) is 0. The van der Waals surface area contributed by atoms with E-state index >= 15 is 0 Å². The molecule has 0 saturated carbocycles. The van der Waals surface area contributed by atoms with Gasteiger partial charge in [0.15, 0.2) is 0 Å². The Labute approximate surface area is 127 Å². The molecule has 0 N–H and O–H groups in total. The Morgan fingerprint density at radius 2 is 1.67 bits per heavy atom. The van der Waals surface area contributed by atoms with Gasteiger partial charge in [0.1, 0.15) is 0 Å². The molecule has 0 amide bonds. The number of hydrogen-bond donors (Lipinski definition) is 0. The van der Waals surface area contributed by atoms with Gasteiger partial charge in [-0.05, 0) is 33.4 Å². The molecule has 3 rings (SSSR count). The summed E-state index contributed by atoms with van der Waals surface area (Å²) in [4.78, 5) is 0. The van der Waals surface area contributed by atoms with E-state index < -0.39 is 0 Å². The fraction of sp³-hybridized carbons (Fsp3) is 0.143. The van der Waals surface area contributed by atoms with Crippen LogP contribution >= 0.6 is 0 Å². The van der Waals surface area contributed by atoms with Gasteiger partial charge in [-0.15, -0.1) is 0 Å². The Hall–Kier alpha value is -2.34. The molecule has 1 aliphatic rings. The first-order valence-corrected chi connectivity index (χ1v) is 7.30. The Morgan fingerprint density at radius 1 is 0.952 bits per heavy atom. The molecule has 104 valence electrons. The van der Waals surface area contributed by atoms with E-state index in [1.54, 1.807) is 0 Å². The van der Waals surface area contributed by atoms with Crippen LogP contribution in [0.5, 0.6) is 0 Å². The lowest BCUT2D eigenvalue weighted by atomic mass is 9.82. The van der Waals surface area contributed by atoms with Gasteiger partial charge in [0.25, 0.3) is 0 Å². The summed E-state index contributed by atoms with van der Waals surface area (Å²) in [6.45, 7) is 12.4. The van der Waals surface area contributed by atoms with Crippen LogP contribution in [0.1, 0.15) is 30.5 Å². The minimum atomic E-state index is 0.0440.